The lowest BCUT2D eigenvalue weighted by molar-refractivity contribution is 0.0123. The van der Waals surface area contributed by atoms with E-state index >= 15 is 0 Å². The van der Waals surface area contributed by atoms with Gasteiger partial charge in [-0.1, -0.05) is 5.16 Å². The Hall–Kier alpha value is -0.620. The maximum absolute atomic E-state index is 10.4. The molecule has 1 rings (SSSR count). The van der Waals surface area contributed by atoms with Crippen LogP contribution in [0.5, 0.6) is 0 Å². The van der Waals surface area contributed by atoms with E-state index in [1.54, 1.807) is 13.8 Å². The topological polar surface area (TPSA) is 76.0 Å². The third-order valence-corrected chi connectivity index (χ3v) is 2.10. The maximum atomic E-state index is 10.4. The highest BCUT2D eigenvalue weighted by Gasteiger charge is 2.30. The SMILES string of the molecule is CC1(C)CC(CS(=O)(=O)O)=NO1. The molecule has 0 aromatic carbocycles. The first kappa shape index (κ1) is 9.47. The fourth-order valence-electron chi connectivity index (χ4n) is 1.03. The fourth-order valence-corrected chi connectivity index (χ4v) is 1.61. The molecule has 1 heterocycles. The minimum Gasteiger partial charge on any atom is -0.389 e. The molecule has 1 N–H and O–H groups in total. The molecular formula is C6H11NO4S. The molecule has 0 amide bonds. The molecule has 0 radical (unpaired) electrons. The van der Waals surface area contributed by atoms with Crippen LogP contribution >= 0.6 is 0 Å². The minimum absolute atomic E-state index is 0.363. The van der Waals surface area contributed by atoms with Crippen LogP contribution in [0.2, 0.25) is 0 Å². The lowest BCUT2D eigenvalue weighted by atomic mass is 10.0. The molecule has 1 aliphatic heterocycles. The van der Waals surface area contributed by atoms with Gasteiger partial charge < -0.3 is 4.84 Å². The van der Waals surface area contributed by atoms with Crippen molar-refractivity contribution in [3.63, 3.8) is 0 Å². The van der Waals surface area contributed by atoms with E-state index in [1.807, 2.05) is 0 Å². The molecule has 0 bridgehead atoms. The molecule has 6 heteroatoms. The molecule has 0 aromatic rings. The molecule has 0 aromatic heterocycles. The van der Waals surface area contributed by atoms with Gasteiger partial charge in [0, 0.05) is 6.42 Å². The molecular weight excluding hydrogens is 182 g/mol. The monoisotopic (exact) mass is 193 g/mol. The zero-order valence-corrected chi connectivity index (χ0v) is 7.76. The molecule has 0 atom stereocenters. The summed E-state index contributed by atoms with van der Waals surface area (Å²) in [5.74, 6) is -0.434. The maximum Gasteiger partial charge on any atom is 0.270 e. The Kier molecular flexibility index (Phi) is 2.13. The van der Waals surface area contributed by atoms with Crippen molar-refractivity contribution in [2.24, 2.45) is 5.16 Å². The van der Waals surface area contributed by atoms with E-state index in [4.69, 9.17) is 9.39 Å². The molecule has 0 unspecified atom stereocenters. The molecule has 0 saturated heterocycles. The summed E-state index contributed by atoms with van der Waals surface area (Å²) in [5.41, 5.74) is -0.0810. The molecule has 1 aliphatic rings. The lowest BCUT2D eigenvalue weighted by Gasteiger charge is -2.12. The first-order valence-corrected chi connectivity index (χ1v) is 5.08. The summed E-state index contributed by atoms with van der Waals surface area (Å²) >= 11 is 0. The molecule has 5 nitrogen and oxygen atoms in total. The van der Waals surface area contributed by atoms with Crippen LogP contribution in [0.25, 0.3) is 0 Å². The Morgan fingerprint density at radius 3 is 2.58 bits per heavy atom. The third-order valence-electron chi connectivity index (χ3n) is 1.40. The van der Waals surface area contributed by atoms with Crippen LogP contribution in [0.3, 0.4) is 0 Å². The molecule has 0 saturated carbocycles. The van der Waals surface area contributed by atoms with Crippen molar-refractivity contribution in [1.29, 1.82) is 0 Å². The minimum atomic E-state index is -3.97. The summed E-state index contributed by atoms with van der Waals surface area (Å²) in [7, 11) is -3.97. The number of oxime groups is 1. The van der Waals surface area contributed by atoms with Gasteiger partial charge in [0.1, 0.15) is 11.4 Å². The lowest BCUT2D eigenvalue weighted by Crippen LogP contribution is -2.22. The van der Waals surface area contributed by atoms with E-state index in [9.17, 15) is 8.42 Å². The van der Waals surface area contributed by atoms with E-state index in [1.165, 1.54) is 0 Å². The Balaban J connectivity index is 2.60. The summed E-state index contributed by atoms with van der Waals surface area (Å²) in [4.78, 5) is 4.91. The van der Waals surface area contributed by atoms with Crippen LogP contribution < -0.4 is 0 Å². The van der Waals surface area contributed by atoms with Gasteiger partial charge in [-0.15, -0.1) is 0 Å². The van der Waals surface area contributed by atoms with Crippen molar-refractivity contribution < 1.29 is 17.8 Å². The van der Waals surface area contributed by atoms with Gasteiger partial charge in [0.05, 0.1) is 5.71 Å². The second-order valence-corrected chi connectivity index (χ2v) is 4.86. The second kappa shape index (κ2) is 2.70. The third kappa shape index (κ3) is 2.78. The summed E-state index contributed by atoms with van der Waals surface area (Å²) < 4.78 is 29.3. The zero-order valence-electron chi connectivity index (χ0n) is 6.94. The van der Waals surface area contributed by atoms with Gasteiger partial charge in [0.2, 0.25) is 0 Å². The number of hydrogen-bond acceptors (Lipinski definition) is 4. The second-order valence-electron chi connectivity index (χ2n) is 3.41. The van der Waals surface area contributed by atoms with Crippen molar-refractivity contribution >= 4 is 15.8 Å². The van der Waals surface area contributed by atoms with Gasteiger partial charge in [-0.2, -0.15) is 8.42 Å². The van der Waals surface area contributed by atoms with Crippen molar-refractivity contribution in [3.05, 3.63) is 0 Å². The Morgan fingerprint density at radius 2 is 2.25 bits per heavy atom. The summed E-state index contributed by atoms with van der Waals surface area (Å²) in [6, 6.07) is 0. The largest absolute Gasteiger partial charge is 0.389 e. The van der Waals surface area contributed by atoms with E-state index < -0.39 is 21.5 Å². The Morgan fingerprint density at radius 1 is 1.67 bits per heavy atom. The molecule has 0 fully saturated rings. The van der Waals surface area contributed by atoms with Crippen LogP contribution in [0, 0.1) is 0 Å². The van der Waals surface area contributed by atoms with Crippen LogP contribution in [0.1, 0.15) is 20.3 Å². The molecule has 12 heavy (non-hydrogen) atoms. The highest BCUT2D eigenvalue weighted by atomic mass is 32.2. The highest BCUT2D eigenvalue weighted by Crippen LogP contribution is 2.22. The first-order valence-electron chi connectivity index (χ1n) is 3.48. The van der Waals surface area contributed by atoms with E-state index in [2.05, 4.69) is 5.16 Å². The summed E-state index contributed by atoms with van der Waals surface area (Å²) in [5, 5.41) is 3.55. The normalized spacial score (nSPS) is 21.8. The number of nitrogens with zero attached hydrogens (tertiary/aromatic N) is 1. The predicted molar refractivity (Wildman–Crippen MR) is 43.6 cm³/mol. The van der Waals surface area contributed by atoms with Gasteiger partial charge in [0.15, 0.2) is 0 Å². The first-order chi connectivity index (χ1) is 5.29. The van der Waals surface area contributed by atoms with Crippen LogP contribution in [-0.2, 0) is 15.0 Å². The fraction of sp³-hybridized carbons (Fsp3) is 0.833. The van der Waals surface area contributed by atoms with E-state index in [-0.39, 0.29) is 0 Å². The number of hydrogen-bond donors (Lipinski definition) is 1. The summed E-state index contributed by atoms with van der Waals surface area (Å²) in [6.07, 6.45) is 0.437. The average molecular weight is 193 g/mol. The van der Waals surface area contributed by atoms with Crippen LogP contribution in [0.4, 0.5) is 0 Å². The van der Waals surface area contributed by atoms with Crippen LogP contribution in [0.15, 0.2) is 5.16 Å². The predicted octanol–water partition coefficient (Wildman–Crippen LogP) is 0.429. The average Bonchev–Trinajstić information content (AvgIpc) is 2.05. The van der Waals surface area contributed by atoms with Crippen LogP contribution in [-0.4, -0.2) is 30.0 Å². The van der Waals surface area contributed by atoms with E-state index in [0.717, 1.165) is 0 Å². The smallest absolute Gasteiger partial charge is 0.270 e. The Labute approximate surface area is 71.1 Å². The van der Waals surface area contributed by atoms with Gasteiger partial charge in [0.25, 0.3) is 10.1 Å². The van der Waals surface area contributed by atoms with Gasteiger partial charge in [-0.25, -0.2) is 0 Å². The van der Waals surface area contributed by atoms with Gasteiger partial charge >= 0.3 is 0 Å². The molecule has 70 valence electrons. The molecule has 0 spiro atoms. The van der Waals surface area contributed by atoms with Crippen molar-refractivity contribution in [2.75, 3.05) is 5.75 Å². The van der Waals surface area contributed by atoms with Crippen molar-refractivity contribution in [3.8, 4) is 0 Å². The quantitative estimate of drug-likeness (QED) is 0.645. The zero-order chi connectivity index (χ0) is 9.41. The highest BCUT2D eigenvalue weighted by molar-refractivity contribution is 7.86. The molecule has 0 aliphatic carbocycles. The standard InChI is InChI=1S/C6H11NO4S/c1-6(2)3-5(7-11-6)4-12(8,9)10/h3-4H2,1-2H3,(H,8,9,10). The van der Waals surface area contributed by atoms with E-state index in [0.29, 0.717) is 12.1 Å². The van der Waals surface area contributed by atoms with Crippen molar-refractivity contribution in [1.82, 2.24) is 0 Å². The number of rotatable bonds is 2. The summed E-state index contributed by atoms with van der Waals surface area (Å²) in [6.45, 7) is 3.60. The van der Waals surface area contributed by atoms with Gasteiger partial charge in [-0.05, 0) is 13.8 Å². The van der Waals surface area contributed by atoms with Crippen molar-refractivity contribution in [2.45, 2.75) is 25.9 Å². The van der Waals surface area contributed by atoms with Gasteiger partial charge in [-0.3, -0.25) is 4.55 Å². The Bertz CT molecular complexity index is 304.